The summed E-state index contributed by atoms with van der Waals surface area (Å²) in [6.07, 6.45) is 6.99. The van der Waals surface area contributed by atoms with E-state index in [9.17, 15) is 18.4 Å². The third kappa shape index (κ3) is 5.63. The van der Waals surface area contributed by atoms with E-state index in [-0.39, 0.29) is 57.3 Å². The number of ether oxygens (including phenoxy) is 1. The lowest BCUT2D eigenvalue weighted by Gasteiger charge is -2.15. The molecular weight excluding hydrogens is 514 g/mol. The predicted molar refractivity (Wildman–Crippen MR) is 143 cm³/mol. The van der Waals surface area contributed by atoms with Gasteiger partial charge < -0.3 is 10.5 Å². The average Bonchev–Trinajstić information content (AvgIpc) is 3.68. The number of aryl methyl sites for hydroxylation is 1. The molecule has 0 unspecified atom stereocenters. The number of aromatic nitrogens is 3. The normalized spacial score (nSPS) is 16.7. The first-order valence-corrected chi connectivity index (χ1v) is 12.1. The number of hydrogen-bond acceptors (Lipinski definition) is 7. The fourth-order valence-corrected chi connectivity index (χ4v) is 4.49. The van der Waals surface area contributed by atoms with E-state index in [4.69, 9.17) is 22.3 Å². The zero-order valence-electron chi connectivity index (χ0n) is 20.3. The molecule has 3 aromatic rings. The third-order valence-corrected chi connectivity index (χ3v) is 6.65. The molecular formula is C26H24F2N6O3S. The Morgan fingerprint density at radius 2 is 2.11 bits per heavy atom. The second-order valence-corrected chi connectivity index (χ2v) is 9.51. The molecule has 9 nitrogen and oxygen atoms in total. The third-order valence-electron chi connectivity index (χ3n) is 5.83. The van der Waals surface area contributed by atoms with Gasteiger partial charge in [0.15, 0.2) is 5.17 Å². The summed E-state index contributed by atoms with van der Waals surface area (Å²) in [7, 11) is 1.33. The molecule has 0 aromatic carbocycles. The maximum absolute atomic E-state index is 13.5. The van der Waals surface area contributed by atoms with Crippen molar-refractivity contribution in [1.82, 2.24) is 14.5 Å². The molecule has 3 aromatic heterocycles. The number of nitrogens with one attached hydrogen (secondary N) is 1. The number of alkyl halides is 2. The highest BCUT2D eigenvalue weighted by Crippen LogP contribution is 2.41. The summed E-state index contributed by atoms with van der Waals surface area (Å²) < 4.78 is 33.6. The topological polar surface area (TPSA) is 136 Å². The van der Waals surface area contributed by atoms with Gasteiger partial charge in [-0.25, -0.2) is 13.8 Å². The van der Waals surface area contributed by atoms with Crippen LogP contribution in [0, 0.1) is 36.5 Å². The van der Waals surface area contributed by atoms with Gasteiger partial charge >= 0.3 is 0 Å². The van der Waals surface area contributed by atoms with Crippen LogP contribution in [0.15, 0.2) is 52.6 Å². The van der Waals surface area contributed by atoms with Crippen LogP contribution >= 0.6 is 11.8 Å². The molecule has 0 radical (unpaired) electrons. The lowest BCUT2D eigenvalue weighted by Crippen LogP contribution is -2.18. The molecule has 1 aliphatic rings. The summed E-state index contributed by atoms with van der Waals surface area (Å²) in [4.78, 5) is 37.6. The molecule has 3 heterocycles. The Morgan fingerprint density at radius 3 is 2.74 bits per heavy atom. The maximum Gasteiger partial charge on any atom is 0.281 e. The largest absolute Gasteiger partial charge is 0.494 e. The fraction of sp³-hybridized carbons (Fsp3) is 0.231. The van der Waals surface area contributed by atoms with Crippen molar-refractivity contribution < 1.29 is 19.7 Å². The number of methoxy groups -OCH3 is 1. The molecule has 12 heteroatoms. The van der Waals surface area contributed by atoms with Crippen LogP contribution in [-0.4, -0.2) is 37.8 Å². The number of nitrogens with zero attached hydrogens (tertiary/aromatic N) is 4. The summed E-state index contributed by atoms with van der Waals surface area (Å²) in [5, 5.41) is 8.15. The number of thioether (sulfide) groups is 1. The number of halogens is 2. The highest BCUT2D eigenvalue weighted by atomic mass is 32.2. The van der Waals surface area contributed by atoms with Crippen LogP contribution in [0.25, 0.3) is 16.9 Å². The van der Waals surface area contributed by atoms with Crippen LogP contribution in [0.4, 0.5) is 8.78 Å². The van der Waals surface area contributed by atoms with Gasteiger partial charge in [0.1, 0.15) is 17.3 Å². The van der Waals surface area contributed by atoms with Crippen molar-refractivity contribution in [2.45, 2.75) is 19.8 Å². The average molecular weight is 539 g/mol. The summed E-state index contributed by atoms with van der Waals surface area (Å²) in [5.74, 6) is 1.86. The van der Waals surface area contributed by atoms with Crippen LogP contribution in [0.5, 0.6) is 5.75 Å². The molecule has 4 rings (SSSR count). The van der Waals surface area contributed by atoms with E-state index >= 15 is 0 Å². The second-order valence-electron chi connectivity index (χ2n) is 8.45. The van der Waals surface area contributed by atoms with Gasteiger partial charge in [-0.05, 0) is 48.9 Å². The van der Waals surface area contributed by atoms with E-state index in [2.05, 4.69) is 20.9 Å². The first-order chi connectivity index (χ1) is 18.1. The minimum Gasteiger partial charge on any atom is -0.494 e. The molecule has 0 bridgehead atoms. The smallest absolute Gasteiger partial charge is 0.281 e. The van der Waals surface area contributed by atoms with Crippen molar-refractivity contribution in [1.29, 1.82) is 5.41 Å². The van der Waals surface area contributed by atoms with Crippen molar-refractivity contribution in [3.05, 3.63) is 70.0 Å². The molecule has 3 N–H and O–H groups in total. The van der Waals surface area contributed by atoms with Crippen LogP contribution in [-0.2, 0) is 0 Å². The van der Waals surface area contributed by atoms with Crippen LogP contribution in [0.2, 0.25) is 0 Å². The van der Waals surface area contributed by atoms with Crippen molar-refractivity contribution in [2.75, 3.05) is 7.11 Å². The Balaban J connectivity index is 0.00000420. The van der Waals surface area contributed by atoms with E-state index in [1.165, 1.54) is 36.2 Å². The number of rotatable bonds is 6. The van der Waals surface area contributed by atoms with E-state index in [1.807, 2.05) is 0 Å². The number of aliphatic imine (C=N–C) groups is 1. The Bertz CT molecular complexity index is 1570. The first kappa shape index (κ1) is 26.7. The summed E-state index contributed by atoms with van der Waals surface area (Å²) in [5.41, 5.74) is 5.92. The Kier molecular flexibility index (Phi) is 7.68. The highest BCUT2D eigenvalue weighted by Gasteiger charge is 2.39. The zero-order valence-corrected chi connectivity index (χ0v) is 21.1. The number of amides is 1. The maximum atomic E-state index is 13.5. The SMILES string of the molecule is C#C[C@H]1C[C@@H]1C(=N)SC(N)=NC(=O)c1cnc(-n2ccc(C)cc2=O)cc1-c1cc(C(F)F)ncc1OC.[HH]. The van der Waals surface area contributed by atoms with E-state index in [1.54, 1.807) is 13.0 Å². The van der Waals surface area contributed by atoms with Crippen LogP contribution in [0.3, 0.4) is 0 Å². The van der Waals surface area contributed by atoms with Gasteiger partial charge in [-0.1, -0.05) is 0 Å². The number of amidine groups is 1. The van der Waals surface area contributed by atoms with Crippen molar-refractivity contribution in [3.8, 4) is 35.0 Å². The Hall–Kier alpha value is -4.37. The molecule has 1 fully saturated rings. The Morgan fingerprint density at radius 1 is 1.34 bits per heavy atom. The molecule has 0 saturated heterocycles. The number of carbonyl (C=O) groups is 1. The first-order valence-electron chi connectivity index (χ1n) is 11.3. The summed E-state index contributed by atoms with van der Waals surface area (Å²) >= 11 is 0.826. The van der Waals surface area contributed by atoms with Gasteiger partial charge in [0, 0.05) is 42.8 Å². The zero-order chi connectivity index (χ0) is 27.6. The van der Waals surface area contributed by atoms with Crippen molar-refractivity contribution >= 4 is 27.9 Å². The van der Waals surface area contributed by atoms with Gasteiger partial charge in [-0.2, -0.15) is 4.99 Å². The van der Waals surface area contributed by atoms with E-state index in [0.717, 1.165) is 29.6 Å². The lowest BCUT2D eigenvalue weighted by molar-refractivity contribution is 0.100. The highest BCUT2D eigenvalue weighted by molar-refractivity contribution is 8.26. The lowest BCUT2D eigenvalue weighted by atomic mass is 10.00. The van der Waals surface area contributed by atoms with Gasteiger partial charge in [-0.15, -0.1) is 12.3 Å². The molecule has 1 saturated carbocycles. The minimum atomic E-state index is -2.88. The van der Waals surface area contributed by atoms with Crippen molar-refractivity contribution in [3.63, 3.8) is 0 Å². The number of terminal acetylenes is 1. The number of nitrogens with two attached hydrogens (primary N) is 1. The molecule has 196 valence electrons. The summed E-state index contributed by atoms with van der Waals surface area (Å²) in [6, 6.07) is 5.61. The quantitative estimate of drug-likeness (QED) is 0.272. The Labute approximate surface area is 222 Å². The molecule has 1 amide bonds. The predicted octanol–water partition coefficient (Wildman–Crippen LogP) is 4.23. The standard InChI is InChI=1S/C26H22F2N6O3S.H2/c1-4-14-8-15(14)24(29)38-26(30)33-25(36)18-11-32-21(34-6-5-13(2)7-22(34)35)10-16(18)17-9-19(23(27)28)31-12-20(17)37-3;/h1,5-7,9-12,14-15,23,29H,8H2,2-3H3,(H2,30,33,36);1H/t14-,15-;/m0./s1. The van der Waals surface area contributed by atoms with Crippen LogP contribution in [0.1, 0.15) is 35.9 Å². The number of pyridine rings is 3. The molecule has 1 aliphatic carbocycles. The monoisotopic (exact) mass is 538 g/mol. The minimum absolute atomic E-state index is 0. The number of hydrogen-bond donors (Lipinski definition) is 2. The van der Waals surface area contributed by atoms with Crippen molar-refractivity contribution in [2.24, 2.45) is 22.6 Å². The second kappa shape index (κ2) is 10.9. The van der Waals surface area contributed by atoms with Gasteiger partial charge in [0.05, 0.1) is 23.9 Å². The van der Waals surface area contributed by atoms with Gasteiger partial charge in [0.25, 0.3) is 17.9 Å². The van der Waals surface area contributed by atoms with E-state index in [0.29, 0.717) is 6.42 Å². The van der Waals surface area contributed by atoms with Crippen LogP contribution < -0.4 is 16.0 Å². The fourth-order valence-electron chi connectivity index (χ4n) is 3.73. The molecule has 0 spiro atoms. The summed E-state index contributed by atoms with van der Waals surface area (Å²) in [6.45, 7) is 1.76. The molecule has 38 heavy (non-hydrogen) atoms. The van der Waals surface area contributed by atoms with Gasteiger partial charge in [-0.3, -0.25) is 24.5 Å². The van der Waals surface area contributed by atoms with E-state index < -0.39 is 18.0 Å². The number of carbonyl (C=O) groups excluding carboxylic acids is 1. The van der Waals surface area contributed by atoms with Gasteiger partial charge in [0.2, 0.25) is 0 Å². The molecule has 0 aliphatic heterocycles. The molecule has 2 atom stereocenters.